The van der Waals surface area contributed by atoms with Gasteiger partial charge in [-0.25, -0.2) is 9.37 Å². The summed E-state index contributed by atoms with van der Waals surface area (Å²) in [7, 11) is 0. The molecule has 0 aliphatic carbocycles. The molecule has 160 valence electrons. The van der Waals surface area contributed by atoms with Gasteiger partial charge < -0.3 is 24.3 Å². The minimum atomic E-state index is -3.16. The van der Waals surface area contributed by atoms with Gasteiger partial charge >= 0.3 is 6.72 Å². The number of rotatable bonds is 5. The molecule has 0 radical (unpaired) electrons. The highest BCUT2D eigenvalue weighted by Crippen LogP contribution is 2.61. The number of anilines is 1. The van der Waals surface area contributed by atoms with Crippen molar-refractivity contribution in [3.8, 4) is 5.88 Å². The highest BCUT2D eigenvalue weighted by atomic mass is 35.5. The Labute approximate surface area is 176 Å². The number of alkyl halides is 2. The van der Waals surface area contributed by atoms with Gasteiger partial charge in [0.1, 0.15) is 12.2 Å². The van der Waals surface area contributed by atoms with Gasteiger partial charge in [0, 0.05) is 0 Å². The van der Waals surface area contributed by atoms with Gasteiger partial charge in [-0.1, -0.05) is 11.6 Å². The summed E-state index contributed by atoms with van der Waals surface area (Å²) in [5.74, 6) is 0.126. The summed E-state index contributed by atoms with van der Waals surface area (Å²) in [6.45, 7) is 2.52. The van der Waals surface area contributed by atoms with E-state index in [2.05, 4.69) is 15.0 Å². The zero-order valence-electron chi connectivity index (χ0n) is 15.8. The molecule has 4 rings (SSSR count). The number of nitrogens with zero attached hydrogens (tertiary/aromatic N) is 4. The molecule has 2 aliphatic heterocycles. The van der Waals surface area contributed by atoms with Crippen LogP contribution in [0, 0.1) is 0 Å². The van der Waals surface area contributed by atoms with Gasteiger partial charge in [0.05, 0.1) is 25.6 Å². The molecule has 2 saturated heterocycles. The van der Waals surface area contributed by atoms with Crippen molar-refractivity contribution in [3.63, 3.8) is 0 Å². The highest BCUT2D eigenvalue weighted by molar-refractivity contribution is 8.07. The minimum Gasteiger partial charge on any atom is -0.476 e. The standard InChI is InChI=1S/C15H20ClFN5O5PS/c1-4-23-12-9-11(20-14(18)21-12)22(6-19-9)13-15(16,17)10-8(25-13)5-24-28(29,27-10)26-7(2)3/h6-8,10,13H,4-5H2,1-3H3,(H2,18,20,21)/t8-,10-,13-,15+,28+/m1/s1. The molecule has 0 bridgehead atoms. The van der Waals surface area contributed by atoms with Crippen molar-refractivity contribution in [1.82, 2.24) is 19.5 Å². The lowest BCUT2D eigenvalue weighted by Gasteiger charge is -2.35. The summed E-state index contributed by atoms with van der Waals surface area (Å²) >= 11 is 11.6. The Morgan fingerprint density at radius 1 is 1.52 bits per heavy atom. The lowest BCUT2D eigenvalue weighted by Crippen LogP contribution is -2.43. The van der Waals surface area contributed by atoms with Crippen molar-refractivity contribution < 1.29 is 27.4 Å². The summed E-state index contributed by atoms with van der Waals surface area (Å²) in [4.78, 5) is 12.4. The molecule has 2 N–H and O–H groups in total. The van der Waals surface area contributed by atoms with Crippen LogP contribution in [0.15, 0.2) is 6.33 Å². The van der Waals surface area contributed by atoms with E-state index in [1.165, 1.54) is 10.9 Å². The first-order valence-electron chi connectivity index (χ1n) is 8.92. The lowest BCUT2D eigenvalue weighted by atomic mass is 10.1. The van der Waals surface area contributed by atoms with Crippen molar-refractivity contribution in [3.05, 3.63) is 6.33 Å². The third-order valence-electron chi connectivity index (χ3n) is 4.27. The monoisotopic (exact) mass is 467 g/mol. The molecular weight excluding hydrogens is 448 g/mol. The van der Waals surface area contributed by atoms with Crippen molar-refractivity contribution >= 4 is 47.2 Å². The van der Waals surface area contributed by atoms with Gasteiger partial charge in [0.15, 0.2) is 17.4 Å². The van der Waals surface area contributed by atoms with E-state index in [1.807, 2.05) is 0 Å². The first-order chi connectivity index (χ1) is 13.6. The molecular formula is C15H20ClFN5O5PS. The zero-order valence-corrected chi connectivity index (χ0v) is 18.3. The second-order valence-electron chi connectivity index (χ2n) is 6.77. The van der Waals surface area contributed by atoms with Crippen LogP contribution < -0.4 is 10.5 Å². The fourth-order valence-corrected chi connectivity index (χ4v) is 6.16. The number of nitrogen functional groups attached to an aromatic ring is 1. The zero-order chi connectivity index (χ0) is 21.0. The number of nitrogens with two attached hydrogens (primary N) is 1. The van der Waals surface area contributed by atoms with Gasteiger partial charge in [0.25, 0.3) is 5.13 Å². The molecule has 4 heterocycles. The number of imidazole rings is 1. The van der Waals surface area contributed by atoms with Crippen molar-refractivity contribution in [2.24, 2.45) is 0 Å². The van der Waals surface area contributed by atoms with E-state index < -0.39 is 30.3 Å². The first-order valence-corrected chi connectivity index (χ1v) is 11.9. The smallest absolute Gasteiger partial charge is 0.328 e. The fourth-order valence-electron chi connectivity index (χ4n) is 3.20. The van der Waals surface area contributed by atoms with Crippen molar-refractivity contribution in [2.75, 3.05) is 18.9 Å². The molecule has 0 unspecified atom stereocenters. The molecule has 29 heavy (non-hydrogen) atoms. The van der Waals surface area contributed by atoms with Gasteiger partial charge in [-0.05, 0) is 32.6 Å². The molecule has 2 aromatic rings. The summed E-state index contributed by atoms with van der Waals surface area (Å²) in [5.41, 5.74) is 6.28. The number of fused-ring (bicyclic) bond motifs is 2. The minimum absolute atomic E-state index is 0.0164. The van der Waals surface area contributed by atoms with Crippen LogP contribution in [-0.2, 0) is 30.1 Å². The molecule has 0 saturated carbocycles. The van der Waals surface area contributed by atoms with E-state index in [0.717, 1.165) is 0 Å². The van der Waals surface area contributed by atoms with Gasteiger partial charge in [-0.15, -0.1) is 0 Å². The van der Waals surface area contributed by atoms with E-state index in [0.29, 0.717) is 12.1 Å². The number of hydrogen-bond donors (Lipinski definition) is 1. The van der Waals surface area contributed by atoms with Gasteiger partial charge in [-0.3, -0.25) is 9.09 Å². The number of aromatic nitrogens is 4. The van der Waals surface area contributed by atoms with E-state index in [-0.39, 0.29) is 30.2 Å². The maximum atomic E-state index is 15.8. The Morgan fingerprint density at radius 3 is 2.97 bits per heavy atom. The van der Waals surface area contributed by atoms with Crippen LogP contribution in [0.1, 0.15) is 27.0 Å². The van der Waals surface area contributed by atoms with Crippen LogP contribution in [-0.4, -0.2) is 56.2 Å². The largest absolute Gasteiger partial charge is 0.476 e. The molecule has 2 aliphatic rings. The SMILES string of the molecule is CCOc1nc(N)nc2c1ncn2[C@@H]1O[C@@H]2CO[P@](=S)(OC(C)C)O[C@H]2[C@@]1(F)Cl. The van der Waals surface area contributed by atoms with Gasteiger partial charge in [-0.2, -0.15) is 9.97 Å². The highest BCUT2D eigenvalue weighted by Gasteiger charge is 2.62. The predicted octanol–water partition coefficient (Wildman–Crippen LogP) is 2.67. The molecule has 2 fully saturated rings. The first kappa shape index (κ1) is 21.1. The fraction of sp³-hybridized carbons (Fsp3) is 0.667. The average molecular weight is 468 g/mol. The van der Waals surface area contributed by atoms with Crippen molar-refractivity contribution in [1.29, 1.82) is 0 Å². The average Bonchev–Trinajstić information content (AvgIpc) is 3.13. The molecule has 0 spiro atoms. The third-order valence-corrected chi connectivity index (χ3v) is 7.13. The topological polar surface area (TPSA) is 116 Å². The van der Waals surface area contributed by atoms with E-state index in [9.17, 15) is 0 Å². The second kappa shape index (κ2) is 7.52. The van der Waals surface area contributed by atoms with Crippen LogP contribution in [0.4, 0.5) is 10.3 Å². The lowest BCUT2D eigenvalue weighted by molar-refractivity contribution is -0.0635. The van der Waals surface area contributed by atoms with Crippen LogP contribution in [0.3, 0.4) is 0 Å². The third kappa shape index (κ3) is 3.71. The Balaban J connectivity index is 1.70. The maximum Gasteiger partial charge on any atom is 0.328 e. The van der Waals surface area contributed by atoms with E-state index in [4.69, 9.17) is 52.2 Å². The second-order valence-corrected chi connectivity index (χ2v) is 10.3. The van der Waals surface area contributed by atoms with Crippen molar-refractivity contribution in [2.45, 2.75) is 50.4 Å². The normalized spacial score (nSPS) is 34.6. The summed E-state index contributed by atoms with van der Waals surface area (Å²) < 4.78 is 45.1. The quantitative estimate of drug-likeness (QED) is 0.519. The van der Waals surface area contributed by atoms with E-state index in [1.54, 1.807) is 20.8 Å². The van der Waals surface area contributed by atoms with Gasteiger partial charge in [0.2, 0.25) is 11.8 Å². The Kier molecular flexibility index (Phi) is 5.48. The molecule has 10 nitrogen and oxygen atoms in total. The predicted molar refractivity (Wildman–Crippen MR) is 106 cm³/mol. The van der Waals surface area contributed by atoms with Crippen LogP contribution in [0.5, 0.6) is 5.88 Å². The molecule has 5 atom stereocenters. The molecule has 2 aromatic heterocycles. The summed E-state index contributed by atoms with van der Waals surface area (Å²) in [5, 5.41) is -2.49. The molecule has 0 aromatic carbocycles. The number of hydrogen-bond acceptors (Lipinski definition) is 10. The van der Waals surface area contributed by atoms with Crippen LogP contribution >= 0.6 is 18.3 Å². The Hall–Kier alpha value is -1.14. The Bertz CT molecular complexity index is 978. The number of ether oxygens (including phenoxy) is 2. The maximum absolute atomic E-state index is 15.8. The Morgan fingerprint density at radius 2 is 2.28 bits per heavy atom. The molecule has 0 amide bonds. The summed E-state index contributed by atoms with van der Waals surface area (Å²) in [6, 6.07) is 0. The number of halogens is 2. The van der Waals surface area contributed by atoms with E-state index >= 15 is 4.39 Å². The van der Waals surface area contributed by atoms with Crippen LogP contribution in [0.25, 0.3) is 11.2 Å². The molecule has 14 heteroatoms. The van der Waals surface area contributed by atoms with Crippen LogP contribution in [0.2, 0.25) is 0 Å². The summed E-state index contributed by atoms with van der Waals surface area (Å²) in [6.07, 6.45) is -2.24.